The summed E-state index contributed by atoms with van der Waals surface area (Å²) in [5.74, 6) is 2.07. The van der Waals surface area contributed by atoms with Crippen LogP contribution in [0.1, 0.15) is 23.7 Å². The predicted molar refractivity (Wildman–Crippen MR) is 74.3 cm³/mol. The third-order valence-electron chi connectivity index (χ3n) is 2.79. The van der Waals surface area contributed by atoms with E-state index in [2.05, 4.69) is 10.6 Å². The molecule has 2 rings (SSSR count). The van der Waals surface area contributed by atoms with Crippen molar-refractivity contribution in [2.24, 2.45) is 0 Å². The molecule has 1 heterocycles. The van der Waals surface area contributed by atoms with Gasteiger partial charge in [-0.1, -0.05) is 12.1 Å². The molecular weight excluding hydrogens is 248 g/mol. The average Bonchev–Trinajstić information content (AvgIpc) is 2.82. The number of benzene rings is 1. The topological polar surface area (TPSA) is 58.2 Å². The SMILES string of the molecule is CC(=O)c1cccc(NC(=O)NC2CCSC2)c1. The summed E-state index contributed by atoms with van der Waals surface area (Å²) in [4.78, 5) is 23.0. The number of carbonyl (C=O) groups is 2. The molecule has 1 unspecified atom stereocenters. The Labute approximate surface area is 111 Å². The first-order valence-electron chi connectivity index (χ1n) is 5.91. The Balaban J connectivity index is 1.93. The molecule has 2 N–H and O–H groups in total. The molecule has 1 aliphatic heterocycles. The molecule has 0 aromatic heterocycles. The Hall–Kier alpha value is -1.49. The van der Waals surface area contributed by atoms with Gasteiger partial charge in [0.05, 0.1) is 0 Å². The standard InChI is InChI=1S/C13H16N2O2S/c1-9(16)10-3-2-4-11(7-10)14-13(17)15-12-5-6-18-8-12/h2-4,7,12H,5-6,8H2,1H3,(H2,14,15,17). The van der Waals surface area contributed by atoms with Gasteiger partial charge in [-0.3, -0.25) is 4.79 Å². The molecule has 0 radical (unpaired) electrons. The van der Waals surface area contributed by atoms with Crippen LogP contribution in [0.15, 0.2) is 24.3 Å². The molecule has 1 fully saturated rings. The Morgan fingerprint density at radius 1 is 1.39 bits per heavy atom. The maximum absolute atomic E-state index is 11.7. The molecule has 2 amide bonds. The smallest absolute Gasteiger partial charge is 0.319 e. The molecule has 1 aromatic carbocycles. The summed E-state index contributed by atoms with van der Waals surface area (Å²) in [5, 5.41) is 5.67. The third kappa shape index (κ3) is 3.50. The Kier molecular flexibility index (Phi) is 4.25. The lowest BCUT2D eigenvalue weighted by molar-refractivity contribution is 0.101. The van der Waals surface area contributed by atoms with Crippen molar-refractivity contribution in [2.75, 3.05) is 16.8 Å². The van der Waals surface area contributed by atoms with Crippen LogP contribution in [0.4, 0.5) is 10.5 Å². The highest BCUT2D eigenvalue weighted by Crippen LogP contribution is 2.17. The van der Waals surface area contributed by atoms with Crippen molar-refractivity contribution < 1.29 is 9.59 Å². The van der Waals surface area contributed by atoms with Gasteiger partial charge in [0.15, 0.2) is 5.78 Å². The van der Waals surface area contributed by atoms with Crippen molar-refractivity contribution in [3.8, 4) is 0 Å². The highest BCUT2D eigenvalue weighted by molar-refractivity contribution is 7.99. The summed E-state index contributed by atoms with van der Waals surface area (Å²) in [5.41, 5.74) is 1.25. The first-order valence-corrected chi connectivity index (χ1v) is 7.07. The minimum Gasteiger partial charge on any atom is -0.334 e. The summed E-state index contributed by atoms with van der Waals surface area (Å²) >= 11 is 1.85. The molecule has 0 bridgehead atoms. The van der Waals surface area contributed by atoms with Crippen LogP contribution in [0.25, 0.3) is 0 Å². The normalized spacial score (nSPS) is 18.4. The van der Waals surface area contributed by atoms with Gasteiger partial charge in [-0.05, 0) is 31.2 Å². The van der Waals surface area contributed by atoms with Crippen LogP contribution in [0, 0.1) is 0 Å². The summed E-state index contributed by atoms with van der Waals surface area (Å²) in [6.07, 6.45) is 1.02. The number of hydrogen-bond donors (Lipinski definition) is 2. The van der Waals surface area contributed by atoms with E-state index >= 15 is 0 Å². The second-order valence-corrected chi connectivity index (χ2v) is 5.45. The van der Waals surface area contributed by atoms with Crippen molar-refractivity contribution in [3.63, 3.8) is 0 Å². The Morgan fingerprint density at radius 3 is 2.89 bits per heavy atom. The zero-order valence-electron chi connectivity index (χ0n) is 10.2. The molecule has 4 nitrogen and oxygen atoms in total. The lowest BCUT2D eigenvalue weighted by Gasteiger charge is -2.12. The second kappa shape index (κ2) is 5.91. The van der Waals surface area contributed by atoms with E-state index in [1.54, 1.807) is 24.3 Å². The van der Waals surface area contributed by atoms with E-state index in [1.807, 2.05) is 11.8 Å². The summed E-state index contributed by atoms with van der Waals surface area (Å²) in [6, 6.07) is 7.01. The maximum Gasteiger partial charge on any atom is 0.319 e. The number of thioether (sulfide) groups is 1. The van der Waals surface area contributed by atoms with E-state index in [4.69, 9.17) is 0 Å². The van der Waals surface area contributed by atoms with Gasteiger partial charge in [0, 0.05) is 23.0 Å². The fourth-order valence-corrected chi connectivity index (χ4v) is 2.97. The van der Waals surface area contributed by atoms with Gasteiger partial charge in [-0.25, -0.2) is 4.79 Å². The zero-order valence-corrected chi connectivity index (χ0v) is 11.0. The molecule has 0 aliphatic carbocycles. The van der Waals surface area contributed by atoms with E-state index < -0.39 is 0 Å². The lowest BCUT2D eigenvalue weighted by Crippen LogP contribution is -2.37. The average molecular weight is 264 g/mol. The summed E-state index contributed by atoms with van der Waals surface area (Å²) < 4.78 is 0. The van der Waals surface area contributed by atoms with Crippen molar-refractivity contribution in [2.45, 2.75) is 19.4 Å². The molecule has 1 aromatic rings. The minimum absolute atomic E-state index is 0.00810. The predicted octanol–water partition coefficient (Wildman–Crippen LogP) is 2.52. The molecule has 18 heavy (non-hydrogen) atoms. The molecule has 1 atom stereocenters. The van der Waals surface area contributed by atoms with E-state index in [-0.39, 0.29) is 17.9 Å². The largest absolute Gasteiger partial charge is 0.334 e. The van der Waals surface area contributed by atoms with E-state index in [0.29, 0.717) is 11.3 Å². The molecule has 5 heteroatoms. The third-order valence-corrected chi connectivity index (χ3v) is 3.95. The number of anilines is 1. The second-order valence-electron chi connectivity index (χ2n) is 4.30. The van der Waals surface area contributed by atoms with Crippen molar-refractivity contribution in [1.29, 1.82) is 0 Å². The number of nitrogens with one attached hydrogen (secondary N) is 2. The van der Waals surface area contributed by atoms with Crippen molar-refractivity contribution in [3.05, 3.63) is 29.8 Å². The monoisotopic (exact) mass is 264 g/mol. The Bertz CT molecular complexity index is 456. The van der Waals surface area contributed by atoms with Crippen LogP contribution in [-0.4, -0.2) is 29.4 Å². The fourth-order valence-electron chi connectivity index (χ4n) is 1.82. The molecule has 96 valence electrons. The number of ketones is 1. The number of Topliss-reactive ketones (excluding diaryl/α,β-unsaturated/α-hetero) is 1. The van der Waals surface area contributed by atoms with Gasteiger partial charge in [-0.2, -0.15) is 11.8 Å². The van der Waals surface area contributed by atoms with Crippen LogP contribution in [0.5, 0.6) is 0 Å². The van der Waals surface area contributed by atoms with Gasteiger partial charge >= 0.3 is 6.03 Å². The Morgan fingerprint density at radius 2 is 2.22 bits per heavy atom. The van der Waals surface area contributed by atoms with Crippen LogP contribution in [0.3, 0.4) is 0 Å². The van der Waals surface area contributed by atoms with Crippen LogP contribution in [0.2, 0.25) is 0 Å². The maximum atomic E-state index is 11.7. The quantitative estimate of drug-likeness (QED) is 0.825. The first kappa shape index (κ1) is 13.0. The number of rotatable bonds is 3. The highest BCUT2D eigenvalue weighted by Gasteiger charge is 2.17. The van der Waals surface area contributed by atoms with Gasteiger partial charge < -0.3 is 10.6 Å². The molecule has 0 spiro atoms. The van der Waals surface area contributed by atoms with Crippen molar-refractivity contribution >= 4 is 29.3 Å². The van der Waals surface area contributed by atoms with Crippen LogP contribution >= 0.6 is 11.8 Å². The van der Waals surface area contributed by atoms with E-state index in [0.717, 1.165) is 17.9 Å². The van der Waals surface area contributed by atoms with E-state index in [1.165, 1.54) is 6.92 Å². The number of carbonyl (C=O) groups excluding carboxylic acids is 2. The number of urea groups is 1. The van der Waals surface area contributed by atoms with Gasteiger partial charge in [0.2, 0.25) is 0 Å². The minimum atomic E-state index is -0.205. The summed E-state index contributed by atoms with van der Waals surface area (Å²) in [6.45, 7) is 1.51. The van der Waals surface area contributed by atoms with E-state index in [9.17, 15) is 9.59 Å². The number of hydrogen-bond acceptors (Lipinski definition) is 3. The molecule has 1 aliphatic rings. The van der Waals surface area contributed by atoms with Gasteiger partial charge in [0.25, 0.3) is 0 Å². The fraction of sp³-hybridized carbons (Fsp3) is 0.385. The molecule has 0 saturated carbocycles. The highest BCUT2D eigenvalue weighted by atomic mass is 32.2. The van der Waals surface area contributed by atoms with Crippen LogP contribution < -0.4 is 10.6 Å². The van der Waals surface area contributed by atoms with Crippen molar-refractivity contribution in [1.82, 2.24) is 5.32 Å². The van der Waals surface area contributed by atoms with Gasteiger partial charge in [-0.15, -0.1) is 0 Å². The number of amides is 2. The zero-order chi connectivity index (χ0) is 13.0. The molecular formula is C13H16N2O2S. The first-order chi connectivity index (χ1) is 8.65. The lowest BCUT2D eigenvalue weighted by atomic mass is 10.1. The molecule has 1 saturated heterocycles. The van der Waals surface area contributed by atoms with Gasteiger partial charge in [0.1, 0.15) is 0 Å². The van der Waals surface area contributed by atoms with Crippen LogP contribution in [-0.2, 0) is 0 Å². The summed E-state index contributed by atoms with van der Waals surface area (Å²) in [7, 11) is 0.